The molecule has 2 rings (SSSR count). The van der Waals surface area contributed by atoms with Crippen LogP contribution in [0.3, 0.4) is 0 Å². The van der Waals surface area contributed by atoms with Gasteiger partial charge < -0.3 is 5.11 Å². The van der Waals surface area contributed by atoms with Gasteiger partial charge in [-0.1, -0.05) is 44.2 Å². The first-order chi connectivity index (χ1) is 10.9. The molecule has 1 aromatic heterocycles. The lowest BCUT2D eigenvalue weighted by atomic mass is 10.1. The Morgan fingerprint density at radius 2 is 1.96 bits per heavy atom. The summed E-state index contributed by atoms with van der Waals surface area (Å²) in [5, 5.41) is 13.8. The smallest absolute Gasteiger partial charge is 0.243 e. The van der Waals surface area contributed by atoms with Gasteiger partial charge in [0.2, 0.25) is 10.0 Å². The number of hydrogen-bond acceptors (Lipinski definition) is 4. The van der Waals surface area contributed by atoms with Crippen LogP contribution in [-0.4, -0.2) is 36.0 Å². The van der Waals surface area contributed by atoms with E-state index in [1.54, 1.807) is 4.68 Å². The van der Waals surface area contributed by atoms with E-state index in [2.05, 4.69) is 9.82 Å². The number of aliphatic hydroxyl groups excluding tert-OH is 1. The summed E-state index contributed by atoms with van der Waals surface area (Å²) in [5.41, 5.74) is 1.05. The second kappa shape index (κ2) is 7.72. The molecule has 1 unspecified atom stereocenters. The Bertz CT molecular complexity index is 711. The van der Waals surface area contributed by atoms with Crippen molar-refractivity contribution in [1.29, 1.82) is 0 Å². The Labute approximate surface area is 137 Å². The van der Waals surface area contributed by atoms with Crippen LogP contribution in [0.15, 0.2) is 47.6 Å². The van der Waals surface area contributed by atoms with Crippen LogP contribution < -0.4 is 4.72 Å². The maximum Gasteiger partial charge on any atom is 0.243 e. The molecule has 2 N–H and O–H groups in total. The lowest BCUT2D eigenvalue weighted by Gasteiger charge is -2.14. The van der Waals surface area contributed by atoms with Gasteiger partial charge in [-0.25, -0.2) is 13.1 Å². The fraction of sp³-hybridized carbons (Fsp3) is 0.438. The summed E-state index contributed by atoms with van der Waals surface area (Å²) in [6, 6.07) is 9.71. The zero-order valence-electron chi connectivity index (χ0n) is 13.4. The van der Waals surface area contributed by atoms with E-state index >= 15 is 0 Å². The Kier molecular flexibility index (Phi) is 5.92. The second-order valence-electron chi connectivity index (χ2n) is 5.86. The van der Waals surface area contributed by atoms with Crippen molar-refractivity contribution in [3.8, 4) is 0 Å². The van der Waals surface area contributed by atoms with Crippen LogP contribution in [-0.2, 0) is 16.6 Å². The van der Waals surface area contributed by atoms with Crippen LogP contribution in [0, 0.1) is 5.92 Å². The van der Waals surface area contributed by atoms with Crippen molar-refractivity contribution in [1.82, 2.24) is 14.5 Å². The zero-order valence-corrected chi connectivity index (χ0v) is 14.2. The standard InChI is InChI=1S/C16H23N3O3S/c1-13(2)16(20)8-9-18-23(21,22)15-10-17-19(12-15)11-14-6-4-3-5-7-14/h3-7,10,12-13,16,18,20H,8-9,11H2,1-2H3. The van der Waals surface area contributed by atoms with E-state index < -0.39 is 16.1 Å². The summed E-state index contributed by atoms with van der Waals surface area (Å²) in [4.78, 5) is 0.132. The second-order valence-corrected chi connectivity index (χ2v) is 7.62. The molecule has 23 heavy (non-hydrogen) atoms. The fourth-order valence-electron chi connectivity index (χ4n) is 2.10. The predicted octanol–water partition coefficient (Wildman–Crippen LogP) is 1.62. The number of nitrogens with one attached hydrogen (secondary N) is 1. The minimum atomic E-state index is -3.60. The molecular formula is C16H23N3O3S. The summed E-state index contributed by atoms with van der Waals surface area (Å²) in [5.74, 6) is 0.105. The van der Waals surface area contributed by atoms with Crippen molar-refractivity contribution in [2.75, 3.05) is 6.54 Å². The molecule has 0 saturated heterocycles. The summed E-state index contributed by atoms with van der Waals surface area (Å²) in [7, 11) is -3.60. The summed E-state index contributed by atoms with van der Waals surface area (Å²) >= 11 is 0. The van der Waals surface area contributed by atoms with Gasteiger partial charge in [0.1, 0.15) is 4.90 Å². The lowest BCUT2D eigenvalue weighted by Crippen LogP contribution is -2.28. The molecule has 0 saturated carbocycles. The molecule has 0 radical (unpaired) electrons. The van der Waals surface area contributed by atoms with E-state index in [9.17, 15) is 13.5 Å². The Morgan fingerprint density at radius 1 is 1.26 bits per heavy atom. The number of rotatable bonds is 8. The Balaban J connectivity index is 1.95. The molecule has 0 aliphatic heterocycles. The van der Waals surface area contributed by atoms with Gasteiger partial charge in [-0.3, -0.25) is 4.68 Å². The first-order valence-corrected chi connectivity index (χ1v) is 9.11. The summed E-state index contributed by atoms with van der Waals surface area (Å²) in [6.45, 7) is 4.51. The van der Waals surface area contributed by atoms with E-state index in [1.165, 1.54) is 12.4 Å². The minimum Gasteiger partial charge on any atom is -0.393 e. The van der Waals surface area contributed by atoms with Gasteiger partial charge in [-0.15, -0.1) is 0 Å². The van der Waals surface area contributed by atoms with Crippen molar-refractivity contribution in [3.63, 3.8) is 0 Å². The third-order valence-corrected chi connectivity index (χ3v) is 5.02. The van der Waals surface area contributed by atoms with Gasteiger partial charge in [-0.05, 0) is 17.9 Å². The molecular weight excluding hydrogens is 314 g/mol. The molecule has 0 fully saturated rings. The number of aliphatic hydroxyl groups is 1. The molecule has 0 spiro atoms. The predicted molar refractivity (Wildman–Crippen MR) is 88.4 cm³/mol. The van der Waals surface area contributed by atoms with Crippen LogP contribution in [0.4, 0.5) is 0 Å². The maximum atomic E-state index is 12.2. The molecule has 0 amide bonds. The quantitative estimate of drug-likeness (QED) is 0.766. The number of nitrogens with zero attached hydrogens (tertiary/aromatic N) is 2. The lowest BCUT2D eigenvalue weighted by molar-refractivity contribution is 0.118. The average molecular weight is 337 g/mol. The summed E-state index contributed by atoms with van der Waals surface area (Å²) in [6.07, 6.45) is 2.71. The highest BCUT2D eigenvalue weighted by atomic mass is 32.2. The van der Waals surface area contributed by atoms with Crippen molar-refractivity contribution < 1.29 is 13.5 Å². The van der Waals surface area contributed by atoms with Crippen LogP contribution in [0.2, 0.25) is 0 Å². The number of sulfonamides is 1. The highest BCUT2D eigenvalue weighted by Gasteiger charge is 2.17. The first-order valence-electron chi connectivity index (χ1n) is 7.62. The van der Waals surface area contributed by atoms with Crippen molar-refractivity contribution in [3.05, 3.63) is 48.3 Å². The summed E-state index contributed by atoms with van der Waals surface area (Å²) < 4.78 is 28.5. The van der Waals surface area contributed by atoms with Gasteiger partial charge in [0.05, 0.1) is 18.8 Å². The third kappa shape index (κ3) is 5.16. The van der Waals surface area contributed by atoms with Crippen LogP contribution in [0.1, 0.15) is 25.8 Å². The average Bonchev–Trinajstić information content (AvgIpc) is 2.97. The molecule has 0 aliphatic rings. The first kappa shape index (κ1) is 17.7. The monoisotopic (exact) mass is 337 g/mol. The van der Waals surface area contributed by atoms with Crippen molar-refractivity contribution >= 4 is 10.0 Å². The minimum absolute atomic E-state index is 0.105. The Hall–Kier alpha value is -1.70. The van der Waals surface area contributed by atoms with E-state index in [-0.39, 0.29) is 17.4 Å². The van der Waals surface area contributed by atoms with Crippen molar-refractivity contribution in [2.24, 2.45) is 5.92 Å². The molecule has 1 aromatic carbocycles. The van der Waals surface area contributed by atoms with Gasteiger partial charge >= 0.3 is 0 Å². The van der Waals surface area contributed by atoms with Gasteiger partial charge in [0.15, 0.2) is 0 Å². The molecule has 6 nitrogen and oxygen atoms in total. The fourth-order valence-corrected chi connectivity index (χ4v) is 3.10. The third-order valence-electron chi connectivity index (χ3n) is 3.61. The van der Waals surface area contributed by atoms with Crippen LogP contribution in [0.25, 0.3) is 0 Å². The number of hydrogen-bond donors (Lipinski definition) is 2. The zero-order chi connectivity index (χ0) is 16.9. The number of aromatic nitrogens is 2. The molecule has 1 atom stereocenters. The molecule has 2 aromatic rings. The highest BCUT2D eigenvalue weighted by Crippen LogP contribution is 2.10. The van der Waals surface area contributed by atoms with Gasteiger partial charge in [-0.2, -0.15) is 5.10 Å². The van der Waals surface area contributed by atoms with E-state index in [1.807, 2.05) is 44.2 Å². The molecule has 126 valence electrons. The van der Waals surface area contributed by atoms with E-state index in [0.717, 1.165) is 5.56 Å². The Morgan fingerprint density at radius 3 is 2.61 bits per heavy atom. The van der Waals surface area contributed by atoms with Gasteiger partial charge in [0.25, 0.3) is 0 Å². The van der Waals surface area contributed by atoms with Crippen molar-refractivity contribution in [2.45, 2.75) is 37.8 Å². The molecule has 1 heterocycles. The normalized spacial score (nSPS) is 13.4. The van der Waals surface area contributed by atoms with Crippen LogP contribution in [0.5, 0.6) is 0 Å². The van der Waals surface area contributed by atoms with Gasteiger partial charge in [0, 0.05) is 12.7 Å². The number of benzene rings is 1. The highest BCUT2D eigenvalue weighted by molar-refractivity contribution is 7.89. The van der Waals surface area contributed by atoms with E-state index in [4.69, 9.17) is 0 Å². The SMILES string of the molecule is CC(C)C(O)CCNS(=O)(=O)c1cnn(Cc2ccccc2)c1. The molecule has 7 heteroatoms. The maximum absolute atomic E-state index is 12.2. The molecule has 0 bridgehead atoms. The topological polar surface area (TPSA) is 84.2 Å². The largest absolute Gasteiger partial charge is 0.393 e. The van der Waals surface area contributed by atoms with E-state index in [0.29, 0.717) is 13.0 Å². The van der Waals surface area contributed by atoms with Crippen LogP contribution >= 0.6 is 0 Å². The molecule has 0 aliphatic carbocycles.